The Balaban J connectivity index is 1.79. The summed E-state index contributed by atoms with van der Waals surface area (Å²) in [7, 11) is 0. The third kappa shape index (κ3) is 2.53. The first kappa shape index (κ1) is 12.0. The molecule has 4 nitrogen and oxygen atoms in total. The molecule has 4 heteroatoms. The summed E-state index contributed by atoms with van der Waals surface area (Å²) in [6, 6.07) is 11.8. The van der Waals surface area contributed by atoms with Crippen LogP contribution in [0.25, 0.3) is 0 Å². The number of rotatable bonds is 2. The summed E-state index contributed by atoms with van der Waals surface area (Å²) in [4.78, 5) is 13.8. The van der Waals surface area contributed by atoms with E-state index < -0.39 is 0 Å². The van der Waals surface area contributed by atoms with E-state index in [1.165, 1.54) is 17.8 Å². The Bertz CT molecular complexity index is 634. The fourth-order valence-corrected chi connectivity index (χ4v) is 2.48. The Labute approximate surface area is 111 Å². The van der Waals surface area contributed by atoms with Gasteiger partial charge in [0.1, 0.15) is 0 Å². The maximum atomic E-state index is 11.5. The summed E-state index contributed by atoms with van der Waals surface area (Å²) in [5.41, 5.74) is 1.94. The van der Waals surface area contributed by atoms with E-state index in [1.807, 2.05) is 22.8 Å². The minimum atomic E-state index is -0.298. The SMILES string of the molecule is O=c1cc2n(cc1O)CCN(Cc1ccccc1)C2. The van der Waals surface area contributed by atoms with Gasteiger partial charge in [-0.05, 0) is 5.56 Å². The molecule has 0 radical (unpaired) electrons. The van der Waals surface area contributed by atoms with Crippen molar-refractivity contribution < 1.29 is 5.11 Å². The fourth-order valence-electron chi connectivity index (χ4n) is 2.48. The quantitative estimate of drug-likeness (QED) is 0.887. The summed E-state index contributed by atoms with van der Waals surface area (Å²) in [6.07, 6.45) is 1.54. The third-order valence-electron chi connectivity index (χ3n) is 3.49. The third-order valence-corrected chi connectivity index (χ3v) is 3.49. The van der Waals surface area contributed by atoms with Gasteiger partial charge in [0.25, 0.3) is 0 Å². The Morgan fingerprint density at radius 2 is 1.95 bits per heavy atom. The molecule has 0 saturated heterocycles. The number of benzene rings is 1. The van der Waals surface area contributed by atoms with Gasteiger partial charge in [-0.2, -0.15) is 0 Å². The second kappa shape index (κ2) is 4.90. The molecule has 0 atom stereocenters. The van der Waals surface area contributed by atoms with Gasteiger partial charge in [0, 0.05) is 37.9 Å². The number of aromatic nitrogens is 1. The summed E-state index contributed by atoms with van der Waals surface area (Å²) >= 11 is 0. The molecule has 2 aromatic rings. The average Bonchev–Trinajstić information content (AvgIpc) is 2.42. The van der Waals surface area contributed by atoms with Crippen LogP contribution >= 0.6 is 0 Å². The van der Waals surface area contributed by atoms with Crippen molar-refractivity contribution >= 4 is 0 Å². The second-order valence-corrected chi connectivity index (χ2v) is 4.90. The highest BCUT2D eigenvalue weighted by atomic mass is 16.3. The molecular weight excluding hydrogens is 240 g/mol. The summed E-state index contributed by atoms with van der Waals surface area (Å²) in [5, 5.41) is 9.43. The molecule has 98 valence electrons. The Morgan fingerprint density at radius 3 is 2.74 bits per heavy atom. The number of pyridine rings is 1. The van der Waals surface area contributed by atoms with Crippen LogP contribution < -0.4 is 5.43 Å². The molecule has 0 bridgehead atoms. The van der Waals surface area contributed by atoms with Crippen molar-refractivity contribution in [1.29, 1.82) is 0 Å². The molecule has 1 aromatic heterocycles. The van der Waals surface area contributed by atoms with E-state index in [2.05, 4.69) is 17.0 Å². The van der Waals surface area contributed by atoms with E-state index in [0.717, 1.165) is 31.9 Å². The van der Waals surface area contributed by atoms with Gasteiger partial charge < -0.3 is 9.67 Å². The largest absolute Gasteiger partial charge is 0.503 e. The minimum absolute atomic E-state index is 0.166. The molecule has 1 aromatic carbocycles. The zero-order valence-corrected chi connectivity index (χ0v) is 10.6. The number of nitrogens with zero attached hydrogens (tertiary/aromatic N) is 2. The Hall–Kier alpha value is -2.07. The number of hydrogen-bond donors (Lipinski definition) is 1. The lowest BCUT2D eigenvalue weighted by Crippen LogP contribution is -2.34. The zero-order valence-electron chi connectivity index (χ0n) is 10.6. The molecule has 1 aliphatic rings. The van der Waals surface area contributed by atoms with Gasteiger partial charge in [-0.25, -0.2) is 0 Å². The molecule has 1 N–H and O–H groups in total. The van der Waals surface area contributed by atoms with Crippen LogP contribution in [0.15, 0.2) is 47.4 Å². The van der Waals surface area contributed by atoms with E-state index in [0.29, 0.717) is 0 Å². The molecule has 0 amide bonds. The first-order valence-electron chi connectivity index (χ1n) is 6.41. The average molecular weight is 256 g/mol. The lowest BCUT2D eigenvalue weighted by molar-refractivity contribution is 0.210. The van der Waals surface area contributed by atoms with Gasteiger partial charge >= 0.3 is 0 Å². The van der Waals surface area contributed by atoms with Crippen LogP contribution in [-0.4, -0.2) is 21.1 Å². The van der Waals surface area contributed by atoms with E-state index >= 15 is 0 Å². The van der Waals surface area contributed by atoms with Crippen molar-refractivity contribution in [2.45, 2.75) is 19.6 Å². The van der Waals surface area contributed by atoms with Gasteiger partial charge in [0.2, 0.25) is 5.43 Å². The van der Waals surface area contributed by atoms with Gasteiger partial charge in [-0.15, -0.1) is 0 Å². The van der Waals surface area contributed by atoms with Crippen LogP contribution in [0.5, 0.6) is 5.75 Å². The summed E-state index contributed by atoms with van der Waals surface area (Å²) in [5.74, 6) is -0.166. The lowest BCUT2D eigenvalue weighted by atomic mass is 10.2. The first-order chi connectivity index (χ1) is 9.22. The maximum Gasteiger partial charge on any atom is 0.223 e. The fraction of sp³-hybridized carbons (Fsp3) is 0.267. The van der Waals surface area contributed by atoms with E-state index in [-0.39, 0.29) is 11.2 Å². The maximum absolute atomic E-state index is 11.5. The van der Waals surface area contributed by atoms with Gasteiger partial charge in [0.05, 0.1) is 6.20 Å². The highest BCUT2D eigenvalue weighted by Crippen LogP contribution is 2.15. The number of hydrogen-bond acceptors (Lipinski definition) is 3. The van der Waals surface area contributed by atoms with Crippen molar-refractivity contribution in [2.75, 3.05) is 6.54 Å². The number of fused-ring (bicyclic) bond motifs is 1. The van der Waals surface area contributed by atoms with Crippen molar-refractivity contribution in [1.82, 2.24) is 9.47 Å². The van der Waals surface area contributed by atoms with Crippen molar-refractivity contribution in [2.24, 2.45) is 0 Å². The predicted molar refractivity (Wildman–Crippen MR) is 72.9 cm³/mol. The standard InChI is InChI=1S/C15H16N2O2/c18-14-8-13-10-16(6-7-17(13)11-15(14)19)9-12-4-2-1-3-5-12/h1-5,8,11,19H,6-7,9-10H2. The zero-order chi connectivity index (χ0) is 13.2. The second-order valence-electron chi connectivity index (χ2n) is 4.90. The first-order valence-corrected chi connectivity index (χ1v) is 6.41. The van der Waals surface area contributed by atoms with Crippen LogP contribution in [0.4, 0.5) is 0 Å². The molecule has 3 rings (SSSR count). The van der Waals surface area contributed by atoms with Crippen LogP contribution in [0.1, 0.15) is 11.3 Å². The molecule has 0 unspecified atom stereocenters. The highest BCUT2D eigenvalue weighted by Gasteiger charge is 2.16. The topological polar surface area (TPSA) is 45.5 Å². The number of aromatic hydroxyl groups is 1. The van der Waals surface area contributed by atoms with Crippen molar-refractivity contribution in [3.63, 3.8) is 0 Å². The molecular formula is C15H16N2O2. The monoisotopic (exact) mass is 256 g/mol. The van der Waals surface area contributed by atoms with Crippen LogP contribution in [0.2, 0.25) is 0 Å². The molecule has 0 saturated carbocycles. The summed E-state index contributed by atoms with van der Waals surface area (Å²) in [6.45, 7) is 3.35. The van der Waals surface area contributed by atoms with Gasteiger partial charge in [-0.1, -0.05) is 30.3 Å². The van der Waals surface area contributed by atoms with Crippen molar-refractivity contribution in [3.05, 3.63) is 64.1 Å². The molecule has 19 heavy (non-hydrogen) atoms. The van der Waals surface area contributed by atoms with E-state index in [4.69, 9.17) is 0 Å². The Kier molecular flexibility index (Phi) is 3.09. The molecule has 0 spiro atoms. The molecule has 1 aliphatic heterocycles. The Morgan fingerprint density at radius 1 is 1.16 bits per heavy atom. The summed E-state index contributed by atoms with van der Waals surface area (Å²) < 4.78 is 1.96. The van der Waals surface area contributed by atoms with Crippen LogP contribution in [0, 0.1) is 0 Å². The van der Waals surface area contributed by atoms with Gasteiger partial charge in [-0.3, -0.25) is 9.69 Å². The van der Waals surface area contributed by atoms with Crippen LogP contribution in [-0.2, 0) is 19.6 Å². The molecule has 2 heterocycles. The minimum Gasteiger partial charge on any atom is -0.503 e. The molecule has 0 aliphatic carbocycles. The van der Waals surface area contributed by atoms with Crippen molar-refractivity contribution in [3.8, 4) is 5.75 Å². The van der Waals surface area contributed by atoms with Gasteiger partial charge in [0.15, 0.2) is 5.75 Å². The van der Waals surface area contributed by atoms with Crippen LogP contribution in [0.3, 0.4) is 0 Å². The normalized spacial score (nSPS) is 15.2. The molecule has 0 fully saturated rings. The van der Waals surface area contributed by atoms with E-state index in [9.17, 15) is 9.90 Å². The van der Waals surface area contributed by atoms with E-state index in [1.54, 1.807) is 0 Å². The highest BCUT2D eigenvalue weighted by molar-refractivity contribution is 5.21. The lowest BCUT2D eigenvalue weighted by Gasteiger charge is -2.30. The smallest absolute Gasteiger partial charge is 0.223 e. The predicted octanol–water partition coefficient (Wildman–Crippen LogP) is 1.57.